The summed E-state index contributed by atoms with van der Waals surface area (Å²) in [4.78, 5) is 22.7. The summed E-state index contributed by atoms with van der Waals surface area (Å²) in [6.45, 7) is 6.12. The number of carbonyl (C=O) groups is 2. The molecule has 0 radical (unpaired) electrons. The average Bonchev–Trinajstić information content (AvgIpc) is 2.45. The van der Waals surface area contributed by atoms with Crippen molar-refractivity contribution in [2.24, 2.45) is 5.41 Å². The molecular weight excluding hydrogens is 182 g/mol. The van der Waals surface area contributed by atoms with E-state index in [4.69, 9.17) is 0 Å². The van der Waals surface area contributed by atoms with Gasteiger partial charge in [-0.25, -0.2) is 4.79 Å². The maximum absolute atomic E-state index is 11.5. The number of nitrogens with one attached hydrogen (secondary N) is 1. The lowest BCUT2D eigenvalue weighted by Gasteiger charge is -2.26. The summed E-state index contributed by atoms with van der Waals surface area (Å²) in [5, 5.41) is 3.01. The fourth-order valence-corrected chi connectivity index (χ4v) is 1.55. The molecule has 1 aliphatic heterocycles. The highest BCUT2D eigenvalue weighted by Crippen LogP contribution is 2.26. The molecular formula is C10H17NO3. The van der Waals surface area contributed by atoms with Crippen LogP contribution in [0.5, 0.6) is 0 Å². The van der Waals surface area contributed by atoms with Crippen LogP contribution in [0.3, 0.4) is 0 Å². The van der Waals surface area contributed by atoms with Crippen LogP contribution in [-0.4, -0.2) is 30.9 Å². The quantitative estimate of drug-likeness (QED) is 0.493. The van der Waals surface area contributed by atoms with Gasteiger partial charge in [0.1, 0.15) is 0 Å². The van der Waals surface area contributed by atoms with E-state index >= 15 is 0 Å². The fourth-order valence-electron chi connectivity index (χ4n) is 1.55. The van der Waals surface area contributed by atoms with E-state index in [-0.39, 0.29) is 17.2 Å². The van der Waals surface area contributed by atoms with Crippen molar-refractivity contribution < 1.29 is 14.3 Å². The van der Waals surface area contributed by atoms with Gasteiger partial charge in [0.25, 0.3) is 0 Å². The van der Waals surface area contributed by atoms with Gasteiger partial charge in [-0.3, -0.25) is 10.1 Å². The van der Waals surface area contributed by atoms with Crippen LogP contribution < -0.4 is 5.32 Å². The number of esters is 1. The van der Waals surface area contributed by atoms with Crippen LogP contribution in [0.25, 0.3) is 0 Å². The van der Waals surface area contributed by atoms with E-state index in [0.29, 0.717) is 6.42 Å². The minimum atomic E-state index is -0.760. The second-order valence-corrected chi connectivity index (χ2v) is 4.71. The first-order valence-electron chi connectivity index (χ1n) is 4.73. The minimum absolute atomic E-state index is 0.0154. The Kier molecular flexibility index (Phi) is 2.95. The summed E-state index contributed by atoms with van der Waals surface area (Å²) in [6.07, 6.45) is 0.406. The third-order valence-electron chi connectivity index (χ3n) is 2.58. The third-order valence-corrected chi connectivity index (χ3v) is 2.58. The van der Waals surface area contributed by atoms with Crippen molar-refractivity contribution in [3.63, 3.8) is 0 Å². The monoisotopic (exact) mass is 199 g/mol. The first-order chi connectivity index (χ1) is 6.36. The van der Waals surface area contributed by atoms with Crippen molar-refractivity contribution in [1.82, 2.24) is 5.32 Å². The molecule has 0 amide bonds. The molecule has 0 unspecified atom stereocenters. The summed E-state index contributed by atoms with van der Waals surface area (Å²) in [5.74, 6) is -0.557. The number of ketones is 1. The van der Waals surface area contributed by atoms with Crippen LogP contribution in [0, 0.1) is 5.41 Å². The van der Waals surface area contributed by atoms with Crippen molar-refractivity contribution in [2.45, 2.75) is 39.3 Å². The van der Waals surface area contributed by atoms with Gasteiger partial charge in [-0.1, -0.05) is 20.8 Å². The molecule has 1 aliphatic rings. The molecule has 0 aromatic carbocycles. The molecule has 0 spiro atoms. The number of Topliss-reactive ketones (excluding diaryl/α,β-unsaturated/α-hetero) is 1. The van der Waals surface area contributed by atoms with Crippen LogP contribution in [0.15, 0.2) is 0 Å². The zero-order chi connectivity index (χ0) is 10.9. The Morgan fingerprint density at radius 1 is 1.50 bits per heavy atom. The van der Waals surface area contributed by atoms with E-state index in [1.807, 2.05) is 20.8 Å². The standard InChI is InChI=1S/C10H17NO3/c1-10(2,3)7-5-6(12)8(11-7)9(13)14-4/h7-8,11H,5H2,1-4H3/t7-,8+/m1/s1. The zero-order valence-electron chi connectivity index (χ0n) is 9.09. The summed E-state index contributed by atoms with van der Waals surface area (Å²) < 4.78 is 4.54. The van der Waals surface area contributed by atoms with Gasteiger partial charge < -0.3 is 4.74 Å². The summed E-state index contributed by atoms with van der Waals surface area (Å²) >= 11 is 0. The second-order valence-electron chi connectivity index (χ2n) is 4.71. The number of rotatable bonds is 1. The van der Waals surface area contributed by atoms with Gasteiger partial charge in [0.15, 0.2) is 11.8 Å². The SMILES string of the molecule is COC(=O)[C@H]1N[C@@H](C(C)(C)C)CC1=O. The minimum Gasteiger partial charge on any atom is -0.468 e. The lowest BCUT2D eigenvalue weighted by Crippen LogP contribution is -2.43. The number of ether oxygens (including phenoxy) is 1. The van der Waals surface area contributed by atoms with Gasteiger partial charge in [-0.05, 0) is 5.41 Å². The van der Waals surface area contributed by atoms with Crippen molar-refractivity contribution in [2.75, 3.05) is 7.11 Å². The van der Waals surface area contributed by atoms with Gasteiger partial charge in [0, 0.05) is 12.5 Å². The smallest absolute Gasteiger partial charge is 0.330 e. The molecule has 1 N–H and O–H groups in total. The normalized spacial score (nSPS) is 27.9. The predicted octanol–water partition coefficient (Wildman–Crippen LogP) is 0.505. The molecule has 1 fully saturated rings. The lowest BCUT2D eigenvalue weighted by atomic mass is 9.86. The lowest BCUT2D eigenvalue weighted by molar-refractivity contribution is -0.145. The van der Waals surface area contributed by atoms with Crippen LogP contribution in [0.2, 0.25) is 0 Å². The van der Waals surface area contributed by atoms with Crippen LogP contribution in [0.4, 0.5) is 0 Å². The molecule has 1 saturated heterocycles. The van der Waals surface area contributed by atoms with E-state index in [2.05, 4.69) is 10.1 Å². The summed E-state index contributed by atoms with van der Waals surface area (Å²) in [5.41, 5.74) is -0.0154. The van der Waals surface area contributed by atoms with Crippen molar-refractivity contribution in [3.05, 3.63) is 0 Å². The molecule has 1 rings (SSSR count). The van der Waals surface area contributed by atoms with Crippen LogP contribution >= 0.6 is 0 Å². The Hall–Kier alpha value is -0.900. The summed E-state index contributed by atoms with van der Waals surface area (Å²) in [6, 6.07) is -0.705. The van der Waals surface area contributed by atoms with Crippen molar-refractivity contribution in [3.8, 4) is 0 Å². The number of carbonyl (C=O) groups excluding carboxylic acids is 2. The Balaban J connectivity index is 2.70. The highest BCUT2D eigenvalue weighted by molar-refractivity contribution is 6.05. The molecule has 2 atom stereocenters. The Labute approximate surface area is 84.0 Å². The van der Waals surface area contributed by atoms with E-state index < -0.39 is 12.0 Å². The molecule has 0 aromatic heterocycles. The molecule has 4 heteroatoms. The first kappa shape index (κ1) is 11.2. The largest absolute Gasteiger partial charge is 0.468 e. The highest BCUT2D eigenvalue weighted by atomic mass is 16.5. The van der Waals surface area contributed by atoms with Crippen LogP contribution in [-0.2, 0) is 14.3 Å². The molecule has 80 valence electrons. The van der Waals surface area contributed by atoms with E-state index in [1.54, 1.807) is 0 Å². The van der Waals surface area contributed by atoms with E-state index in [0.717, 1.165) is 0 Å². The maximum Gasteiger partial charge on any atom is 0.330 e. The summed E-state index contributed by atoms with van der Waals surface area (Å²) in [7, 11) is 1.29. The van der Waals surface area contributed by atoms with E-state index in [1.165, 1.54) is 7.11 Å². The zero-order valence-corrected chi connectivity index (χ0v) is 9.09. The topological polar surface area (TPSA) is 55.4 Å². The van der Waals surface area contributed by atoms with Gasteiger partial charge in [-0.2, -0.15) is 0 Å². The van der Waals surface area contributed by atoms with Gasteiger partial charge in [0.05, 0.1) is 7.11 Å². The van der Waals surface area contributed by atoms with Crippen molar-refractivity contribution >= 4 is 11.8 Å². The Morgan fingerprint density at radius 3 is 2.43 bits per heavy atom. The number of hydrogen-bond donors (Lipinski definition) is 1. The second kappa shape index (κ2) is 3.69. The molecule has 4 nitrogen and oxygen atoms in total. The maximum atomic E-state index is 11.5. The highest BCUT2D eigenvalue weighted by Gasteiger charge is 2.41. The Bertz CT molecular complexity index is 255. The fraction of sp³-hybridized carbons (Fsp3) is 0.800. The average molecular weight is 199 g/mol. The number of methoxy groups -OCH3 is 1. The Morgan fingerprint density at radius 2 is 2.07 bits per heavy atom. The van der Waals surface area contributed by atoms with Crippen LogP contribution in [0.1, 0.15) is 27.2 Å². The molecule has 0 aromatic rings. The van der Waals surface area contributed by atoms with Gasteiger partial charge in [-0.15, -0.1) is 0 Å². The molecule has 1 heterocycles. The van der Waals surface area contributed by atoms with E-state index in [9.17, 15) is 9.59 Å². The van der Waals surface area contributed by atoms with Crippen molar-refractivity contribution in [1.29, 1.82) is 0 Å². The van der Waals surface area contributed by atoms with Gasteiger partial charge in [0.2, 0.25) is 0 Å². The predicted molar refractivity (Wildman–Crippen MR) is 51.8 cm³/mol. The van der Waals surface area contributed by atoms with Gasteiger partial charge >= 0.3 is 5.97 Å². The molecule has 0 aliphatic carbocycles. The third kappa shape index (κ3) is 2.12. The number of hydrogen-bond acceptors (Lipinski definition) is 4. The molecule has 14 heavy (non-hydrogen) atoms. The first-order valence-corrected chi connectivity index (χ1v) is 4.73. The molecule has 0 saturated carbocycles. The molecule has 0 bridgehead atoms.